The summed E-state index contributed by atoms with van der Waals surface area (Å²) in [6.45, 7) is 0. The molecule has 31 heavy (non-hydrogen) atoms. The van der Waals surface area contributed by atoms with Gasteiger partial charge in [-0.1, -0.05) is 97.1 Å². The maximum atomic E-state index is 6.34. The average Bonchev–Trinajstić information content (AvgIpc) is 2.85. The van der Waals surface area contributed by atoms with Gasteiger partial charge in [0.15, 0.2) is 0 Å². The molecular formula is C28H19ClN2. The van der Waals surface area contributed by atoms with Crippen LogP contribution in [-0.4, -0.2) is 9.97 Å². The van der Waals surface area contributed by atoms with Crippen LogP contribution in [0.3, 0.4) is 0 Å². The predicted octanol–water partition coefficient (Wildman–Crippen LogP) is 7.80. The lowest BCUT2D eigenvalue weighted by Gasteiger charge is -2.09. The van der Waals surface area contributed by atoms with E-state index in [1.54, 1.807) is 0 Å². The second-order valence-corrected chi connectivity index (χ2v) is 7.64. The molecule has 3 heteroatoms. The van der Waals surface area contributed by atoms with Crippen molar-refractivity contribution in [2.75, 3.05) is 0 Å². The molecule has 1 heterocycles. The van der Waals surface area contributed by atoms with Crippen LogP contribution in [0.2, 0.25) is 5.28 Å². The molecule has 0 unspecified atom stereocenters. The zero-order valence-electron chi connectivity index (χ0n) is 16.7. The first-order chi connectivity index (χ1) is 15.3. The molecule has 4 aromatic carbocycles. The van der Waals surface area contributed by atoms with Crippen molar-refractivity contribution in [3.05, 3.63) is 121 Å². The molecule has 0 aliphatic heterocycles. The molecule has 0 saturated carbocycles. The fraction of sp³-hybridized carbons (Fsp3) is 0. The van der Waals surface area contributed by atoms with Crippen molar-refractivity contribution in [3.8, 4) is 44.8 Å². The molecule has 0 bridgehead atoms. The Morgan fingerprint density at radius 3 is 1.23 bits per heavy atom. The van der Waals surface area contributed by atoms with Crippen molar-refractivity contribution < 1.29 is 0 Å². The third-order valence-corrected chi connectivity index (χ3v) is 5.40. The summed E-state index contributed by atoms with van der Waals surface area (Å²) in [6.07, 6.45) is 0. The van der Waals surface area contributed by atoms with Gasteiger partial charge < -0.3 is 0 Å². The number of nitrogens with zero attached hydrogens (tertiary/aromatic N) is 2. The first-order valence-electron chi connectivity index (χ1n) is 10.1. The van der Waals surface area contributed by atoms with Gasteiger partial charge in [-0.15, -0.1) is 0 Å². The van der Waals surface area contributed by atoms with Crippen molar-refractivity contribution in [2.24, 2.45) is 0 Å². The molecule has 5 aromatic rings. The molecule has 148 valence electrons. The third kappa shape index (κ3) is 4.25. The second kappa shape index (κ2) is 8.55. The van der Waals surface area contributed by atoms with E-state index in [0.29, 0.717) is 0 Å². The summed E-state index contributed by atoms with van der Waals surface area (Å²) < 4.78 is 0. The Morgan fingerprint density at radius 2 is 0.774 bits per heavy atom. The molecule has 0 spiro atoms. The maximum Gasteiger partial charge on any atom is 0.223 e. The van der Waals surface area contributed by atoms with Crippen LogP contribution in [0.1, 0.15) is 0 Å². The Bertz CT molecular complexity index is 1230. The van der Waals surface area contributed by atoms with Crippen molar-refractivity contribution >= 4 is 11.6 Å². The second-order valence-electron chi connectivity index (χ2n) is 7.30. The Morgan fingerprint density at radius 1 is 0.387 bits per heavy atom. The smallest absolute Gasteiger partial charge is 0.218 e. The summed E-state index contributed by atoms with van der Waals surface area (Å²) in [5.74, 6) is 0. The molecular weight excluding hydrogens is 400 g/mol. The number of hydrogen-bond acceptors (Lipinski definition) is 2. The van der Waals surface area contributed by atoms with Crippen molar-refractivity contribution in [1.29, 1.82) is 0 Å². The fourth-order valence-electron chi connectivity index (χ4n) is 3.69. The van der Waals surface area contributed by atoms with Crippen LogP contribution in [0.4, 0.5) is 0 Å². The average molecular weight is 419 g/mol. The third-order valence-electron chi connectivity index (χ3n) is 5.23. The lowest BCUT2D eigenvalue weighted by atomic mass is 9.99. The first-order valence-corrected chi connectivity index (χ1v) is 10.5. The SMILES string of the molecule is Clc1nc(-c2cccc(-c3ccccc3)c2)cc(-c2cccc(-c3ccccc3)c2)n1. The quantitative estimate of drug-likeness (QED) is 0.278. The number of halogens is 1. The minimum atomic E-state index is 0.239. The van der Waals surface area contributed by atoms with Crippen LogP contribution in [0.15, 0.2) is 115 Å². The molecule has 2 nitrogen and oxygen atoms in total. The molecule has 0 saturated heterocycles. The Kier molecular flexibility index (Phi) is 5.30. The largest absolute Gasteiger partial charge is 0.223 e. The Balaban J connectivity index is 1.56. The van der Waals surface area contributed by atoms with E-state index in [1.807, 2.05) is 54.6 Å². The van der Waals surface area contributed by atoms with Gasteiger partial charge in [0.1, 0.15) is 0 Å². The van der Waals surface area contributed by atoms with E-state index in [1.165, 1.54) is 11.1 Å². The highest BCUT2D eigenvalue weighted by Gasteiger charge is 2.10. The monoisotopic (exact) mass is 418 g/mol. The highest BCUT2D eigenvalue weighted by molar-refractivity contribution is 6.28. The van der Waals surface area contributed by atoms with Gasteiger partial charge in [-0.25, -0.2) is 9.97 Å². The minimum absolute atomic E-state index is 0.239. The van der Waals surface area contributed by atoms with Crippen molar-refractivity contribution in [2.45, 2.75) is 0 Å². The molecule has 1 aromatic heterocycles. The van der Waals surface area contributed by atoms with E-state index < -0.39 is 0 Å². The fourth-order valence-corrected chi connectivity index (χ4v) is 3.87. The van der Waals surface area contributed by atoms with Crippen LogP contribution < -0.4 is 0 Å². The molecule has 0 fully saturated rings. The summed E-state index contributed by atoms with van der Waals surface area (Å²) in [7, 11) is 0. The van der Waals surface area contributed by atoms with Gasteiger partial charge in [0.25, 0.3) is 0 Å². The molecule has 0 atom stereocenters. The van der Waals surface area contributed by atoms with Crippen molar-refractivity contribution in [3.63, 3.8) is 0 Å². The van der Waals surface area contributed by atoms with Gasteiger partial charge in [0.2, 0.25) is 5.28 Å². The zero-order chi connectivity index (χ0) is 21.0. The standard InChI is InChI=1S/C28H19ClN2/c29-28-30-26(24-15-7-13-22(17-24)20-9-3-1-4-10-20)19-27(31-28)25-16-8-14-23(18-25)21-11-5-2-6-12-21/h1-19H. The lowest BCUT2D eigenvalue weighted by molar-refractivity contribution is 1.18. The molecule has 0 N–H and O–H groups in total. The number of benzene rings is 4. The van der Waals surface area contributed by atoms with E-state index in [0.717, 1.165) is 33.6 Å². The first kappa shape index (κ1) is 19.2. The summed E-state index contributed by atoms with van der Waals surface area (Å²) in [6, 6.07) is 39.3. The molecule has 0 aliphatic rings. The summed E-state index contributed by atoms with van der Waals surface area (Å²) >= 11 is 6.34. The van der Waals surface area contributed by atoms with Gasteiger partial charge in [0.05, 0.1) is 11.4 Å². The van der Waals surface area contributed by atoms with Crippen LogP contribution >= 0.6 is 11.6 Å². The number of rotatable bonds is 4. The topological polar surface area (TPSA) is 25.8 Å². The van der Waals surface area contributed by atoms with Crippen LogP contribution in [-0.2, 0) is 0 Å². The van der Waals surface area contributed by atoms with Gasteiger partial charge in [-0.3, -0.25) is 0 Å². The van der Waals surface area contributed by atoms with Gasteiger partial charge in [-0.05, 0) is 52.1 Å². The van der Waals surface area contributed by atoms with Gasteiger partial charge in [-0.2, -0.15) is 0 Å². The normalized spacial score (nSPS) is 10.7. The van der Waals surface area contributed by atoms with E-state index in [-0.39, 0.29) is 5.28 Å². The Labute approximate surface area is 186 Å². The summed E-state index contributed by atoms with van der Waals surface area (Å²) in [5.41, 5.74) is 8.23. The number of aromatic nitrogens is 2. The highest BCUT2D eigenvalue weighted by atomic mass is 35.5. The maximum absolute atomic E-state index is 6.34. The molecule has 0 amide bonds. The Hall–Kier alpha value is -3.75. The van der Waals surface area contributed by atoms with Gasteiger partial charge >= 0.3 is 0 Å². The van der Waals surface area contributed by atoms with E-state index >= 15 is 0 Å². The predicted molar refractivity (Wildman–Crippen MR) is 129 cm³/mol. The number of hydrogen-bond donors (Lipinski definition) is 0. The van der Waals surface area contributed by atoms with E-state index in [2.05, 4.69) is 70.6 Å². The molecule has 0 aliphatic carbocycles. The minimum Gasteiger partial charge on any atom is -0.218 e. The lowest BCUT2D eigenvalue weighted by Crippen LogP contribution is -1.92. The summed E-state index contributed by atoms with van der Waals surface area (Å²) in [4.78, 5) is 9.00. The molecule has 5 rings (SSSR count). The van der Waals surface area contributed by atoms with E-state index in [9.17, 15) is 0 Å². The van der Waals surface area contributed by atoms with Crippen LogP contribution in [0, 0.1) is 0 Å². The van der Waals surface area contributed by atoms with Gasteiger partial charge in [0, 0.05) is 11.1 Å². The van der Waals surface area contributed by atoms with Crippen LogP contribution in [0.5, 0.6) is 0 Å². The van der Waals surface area contributed by atoms with Crippen molar-refractivity contribution in [1.82, 2.24) is 9.97 Å². The molecule has 0 radical (unpaired) electrons. The van der Waals surface area contributed by atoms with Crippen LogP contribution in [0.25, 0.3) is 44.8 Å². The highest BCUT2D eigenvalue weighted by Crippen LogP contribution is 2.30. The van der Waals surface area contributed by atoms with E-state index in [4.69, 9.17) is 11.6 Å². The summed E-state index contributed by atoms with van der Waals surface area (Å²) in [5, 5.41) is 0.239. The zero-order valence-corrected chi connectivity index (χ0v) is 17.5.